The van der Waals surface area contributed by atoms with Crippen molar-refractivity contribution in [2.45, 2.75) is 6.92 Å². The van der Waals surface area contributed by atoms with Crippen molar-refractivity contribution in [1.29, 1.82) is 0 Å². The molecule has 0 unspecified atom stereocenters. The molecule has 4 aromatic rings. The highest BCUT2D eigenvalue weighted by atomic mass is 35.5. The van der Waals surface area contributed by atoms with Crippen molar-refractivity contribution in [3.05, 3.63) is 80.8 Å². The summed E-state index contributed by atoms with van der Waals surface area (Å²) in [6, 6.07) is 15.5. The van der Waals surface area contributed by atoms with Crippen molar-refractivity contribution < 1.29 is 9.21 Å². The van der Waals surface area contributed by atoms with Crippen LogP contribution in [0.5, 0.6) is 0 Å². The molecular formula is C21H13Cl3N2O2. The molecule has 0 aliphatic rings. The summed E-state index contributed by atoms with van der Waals surface area (Å²) in [5, 5.41) is 3.99. The first-order chi connectivity index (χ1) is 13.4. The van der Waals surface area contributed by atoms with Crippen LogP contribution < -0.4 is 5.32 Å². The number of nitrogens with one attached hydrogen (secondary N) is 1. The minimum Gasteiger partial charge on any atom is -0.436 e. The molecular weight excluding hydrogens is 419 g/mol. The second kappa shape index (κ2) is 7.47. The normalized spacial score (nSPS) is 11.0. The molecule has 3 aromatic carbocycles. The zero-order valence-corrected chi connectivity index (χ0v) is 16.9. The van der Waals surface area contributed by atoms with Crippen LogP contribution in [0.3, 0.4) is 0 Å². The Kier molecular flexibility index (Phi) is 5.02. The van der Waals surface area contributed by atoms with Crippen LogP contribution in [0.25, 0.3) is 22.6 Å². The molecule has 0 radical (unpaired) electrons. The van der Waals surface area contributed by atoms with E-state index in [0.717, 1.165) is 11.1 Å². The second-order valence-corrected chi connectivity index (χ2v) is 7.51. The van der Waals surface area contributed by atoms with Gasteiger partial charge in [-0.3, -0.25) is 4.79 Å². The summed E-state index contributed by atoms with van der Waals surface area (Å²) in [4.78, 5) is 17.1. The molecule has 0 bridgehead atoms. The molecule has 0 saturated carbocycles. The van der Waals surface area contributed by atoms with Gasteiger partial charge < -0.3 is 9.73 Å². The topological polar surface area (TPSA) is 55.1 Å². The van der Waals surface area contributed by atoms with E-state index in [9.17, 15) is 4.79 Å². The van der Waals surface area contributed by atoms with Crippen LogP contribution >= 0.6 is 34.8 Å². The van der Waals surface area contributed by atoms with Crippen LogP contribution in [0.15, 0.2) is 59.0 Å². The first-order valence-corrected chi connectivity index (χ1v) is 9.47. The lowest BCUT2D eigenvalue weighted by molar-refractivity contribution is 0.102. The molecule has 0 aliphatic heterocycles. The molecule has 1 aromatic heterocycles. The molecule has 1 heterocycles. The zero-order chi connectivity index (χ0) is 19.8. The molecule has 0 spiro atoms. The van der Waals surface area contributed by atoms with E-state index < -0.39 is 0 Å². The Balaban J connectivity index is 1.68. The Morgan fingerprint density at radius 3 is 2.57 bits per heavy atom. The lowest BCUT2D eigenvalue weighted by Crippen LogP contribution is -2.12. The number of anilines is 1. The maximum Gasteiger partial charge on any atom is 0.257 e. The number of carbonyl (C=O) groups excluding carboxylic acids is 1. The molecule has 7 heteroatoms. The molecule has 1 amide bonds. The average Bonchev–Trinajstić information content (AvgIpc) is 3.08. The largest absolute Gasteiger partial charge is 0.436 e. The van der Waals surface area contributed by atoms with Gasteiger partial charge >= 0.3 is 0 Å². The van der Waals surface area contributed by atoms with Crippen LogP contribution in [0.4, 0.5) is 5.69 Å². The fraction of sp³-hybridized carbons (Fsp3) is 0.0476. The number of benzene rings is 3. The highest BCUT2D eigenvalue weighted by Crippen LogP contribution is 2.33. The van der Waals surface area contributed by atoms with E-state index in [1.165, 1.54) is 6.07 Å². The Labute approximate surface area is 176 Å². The first-order valence-electron chi connectivity index (χ1n) is 8.34. The smallest absolute Gasteiger partial charge is 0.257 e. The van der Waals surface area contributed by atoms with E-state index >= 15 is 0 Å². The minimum absolute atomic E-state index is 0.281. The number of fused-ring (bicyclic) bond motifs is 1. The summed E-state index contributed by atoms with van der Waals surface area (Å²) < 4.78 is 5.85. The highest BCUT2D eigenvalue weighted by Gasteiger charge is 2.15. The quantitative estimate of drug-likeness (QED) is 0.379. The van der Waals surface area contributed by atoms with Crippen LogP contribution in [0.1, 0.15) is 15.9 Å². The monoisotopic (exact) mass is 430 g/mol. The summed E-state index contributed by atoms with van der Waals surface area (Å²) >= 11 is 18.4. The Morgan fingerprint density at radius 2 is 1.75 bits per heavy atom. The van der Waals surface area contributed by atoms with Crippen LogP contribution in [0.2, 0.25) is 15.1 Å². The third kappa shape index (κ3) is 3.72. The fourth-order valence-corrected chi connectivity index (χ4v) is 3.36. The number of aromatic nitrogens is 1. The number of hydrogen-bond acceptors (Lipinski definition) is 3. The molecule has 140 valence electrons. The van der Waals surface area contributed by atoms with Crippen molar-refractivity contribution in [2.24, 2.45) is 0 Å². The van der Waals surface area contributed by atoms with Gasteiger partial charge in [0, 0.05) is 10.7 Å². The number of aryl methyl sites for hydroxylation is 1. The third-order valence-electron chi connectivity index (χ3n) is 4.17. The first kappa shape index (κ1) is 18.8. The summed E-state index contributed by atoms with van der Waals surface area (Å²) in [7, 11) is 0. The molecule has 0 aliphatic carbocycles. The van der Waals surface area contributed by atoms with Gasteiger partial charge in [0.05, 0.1) is 21.2 Å². The number of oxazole rings is 1. The highest BCUT2D eigenvalue weighted by molar-refractivity contribution is 6.36. The van der Waals surface area contributed by atoms with Crippen LogP contribution in [0, 0.1) is 6.92 Å². The molecule has 0 fully saturated rings. The standard InChI is InChI=1S/C21H13Cl3N2O2/c1-11-2-7-18-19(8-11)28-21(26-18)15-10-13(4-6-17(15)24)25-20(27)14-9-12(22)3-5-16(14)23/h2-10H,1H3,(H,25,27). The van der Waals surface area contributed by atoms with E-state index in [1.807, 2.05) is 25.1 Å². The van der Waals surface area contributed by atoms with Gasteiger partial charge in [-0.05, 0) is 61.0 Å². The third-order valence-corrected chi connectivity index (χ3v) is 5.07. The van der Waals surface area contributed by atoms with Gasteiger partial charge in [-0.2, -0.15) is 0 Å². The van der Waals surface area contributed by atoms with Crippen molar-refractivity contribution in [1.82, 2.24) is 4.98 Å². The van der Waals surface area contributed by atoms with Gasteiger partial charge in [0.2, 0.25) is 5.89 Å². The van der Waals surface area contributed by atoms with Gasteiger partial charge in [-0.1, -0.05) is 40.9 Å². The molecule has 4 nitrogen and oxygen atoms in total. The van der Waals surface area contributed by atoms with E-state index in [-0.39, 0.29) is 11.5 Å². The minimum atomic E-state index is -0.381. The van der Waals surface area contributed by atoms with Gasteiger partial charge in [-0.15, -0.1) is 0 Å². The molecule has 1 N–H and O–H groups in total. The van der Waals surface area contributed by atoms with E-state index in [2.05, 4.69) is 10.3 Å². The maximum atomic E-state index is 12.6. The van der Waals surface area contributed by atoms with Crippen LogP contribution in [-0.4, -0.2) is 10.9 Å². The number of rotatable bonds is 3. The average molecular weight is 432 g/mol. The van der Waals surface area contributed by atoms with Crippen molar-refractivity contribution >= 4 is 57.5 Å². The molecule has 4 rings (SSSR count). The van der Waals surface area contributed by atoms with Gasteiger partial charge in [-0.25, -0.2) is 4.98 Å². The maximum absolute atomic E-state index is 12.6. The van der Waals surface area contributed by atoms with Crippen molar-refractivity contribution in [3.63, 3.8) is 0 Å². The van der Waals surface area contributed by atoms with E-state index in [0.29, 0.717) is 37.8 Å². The van der Waals surface area contributed by atoms with Gasteiger partial charge in [0.15, 0.2) is 5.58 Å². The van der Waals surface area contributed by atoms with Crippen molar-refractivity contribution in [2.75, 3.05) is 5.32 Å². The molecule has 28 heavy (non-hydrogen) atoms. The second-order valence-electron chi connectivity index (χ2n) is 6.26. The van der Waals surface area contributed by atoms with Gasteiger partial charge in [0.1, 0.15) is 5.52 Å². The summed E-state index contributed by atoms with van der Waals surface area (Å²) in [5.74, 6) is -0.00329. The number of nitrogens with zero attached hydrogens (tertiary/aromatic N) is 1. The SMILES string of the molecule is Cc1ccc2nc(-c3cc(NC(=O)c4cc(Cl)ccc4Cl)ccc3Cl)oc2c1. The van der Waals surface area contributed by atoms with Gasteiger partial charge in [0.25, 0.3) is 5.91 Å². The number of halogens is 3. The Hall–Kier alpha value is -2.53. The summed E-state index contributed by atoms with van der Waals surface area (Å²) in [5.41, 5.74) is 3.86. The predicted octanol–water partition coefficient (Wildman–Crippen LogP) is 7.02. The number of carbonyl (C=O) groups is 1. The van der Waals surface area contributed by atoms with Crippen molar-refractivity contribution in [3.8, 4) is 11.5 Å². The Bertz CT molecular complexity index is 1220. The number of hydrogen-bond donors (Lipinski definition) is 1. The zero-order valence-electron chi connectivity index (χ0n) is 14.6. The predicted molar refractivity (Wildman–Crippen MR) is 114 cm³/mol. The lowest BCUT2D eigenvalue weighted by Gasteiger charge is -2.09. The van der Waals surface area contributed by atoms with E-state index in [4.69, 9.17) is 39.2 Å². The lowest BCUT2D eigenvalue weighted by atomic mass is 10.1. The summed E-state index contributed by atoms with van der Waals surface area (Å²) in [6.45, 7) is 1.98. The van der Waals surface area contributed by atoms with E-state index in [1.54, 1.807) is 30.3 Å². The Morgan fingerprint density at radius 1 is 0.964 bits per heavy atom. The molecule has 0 atom stereocenters. The molecule has 0 saturated heterocycles. The fourth-order valence-electron chi connectivity index (χ4n) is 2.78. The van der Waals surface area contributed by atoms with Crippen LogP contribution in [-0.2, 0) is 0 Å². The number of amides is 1. The summed E-state index contributed by atoms with van der Waals surface area (Å²) in [6.07, 6.45) is 0.